The van der Waals surface area contributed by atoms with E-state index in [-0.39, 0.29) is 47.4 Å². The van der Waals surface area contributed by atoms with Gasteiger partial charge in [-0.25, -0.2) is 19.6 Å². The number of nitrogens with zero attached hydrogens (tertiary/aromatic N) is 3. The molecule has 0 aliphatic carbocycles. The highest BCUT2D eigenvalue weighted by Gasteiger charge is 2.26. The van der Waals surface area contributed by atoms with Gasteiger partial charge in [0.25, 0.3) is 0 Å². The first-order valence-corrected chi connectivity index (χ1v) is 10.0. The van der Waals surface area contributed by atoms with E-state index >= 15 is 0 Å². The Morgan fingerprint density at radius 3 is 1.67 bits per heavy atom. The fraction of sp³-hybridized carbons (Fsp3) is 0.182. The maximum Gasteiger partial charge on any atom is 0.353 e. The number of para-hydroxylation sites is 2. The Bertz CT molecular complexity index is 1100. The Labute approximate surface area is 188 Å². The van der Waals surface area contributed by atoms with Crippen molar-refractivity contribution >= 4 is 40.6 Å². The van der Waals surface area contributed by atoms with E-state index in [1.165, 1.54) is 12.1 Å². The Kier molecular flexibility index (Phi) is 7.47. The number of anilines is 4. The number of carbonyl (C=O) groups excluding carboxylic acids is 2. The van der Waals surface area contributed by atoms with Crippen LogP contribution in [0, 0.1) is 10.1 Å². The zero-order valence-electron chi connectivity index (χ0n) is 17.9. The molecule has 1 aromatic heterocycles. The van der Waals surface area contributed by atoms with E-state index in [1.54, 1.807) is 50.2 Å². The van der Waals surface area contributed by atoms with Crippen LogP contribution >= 0.6 is 0 Å². The smallest absolute Gasteiger partial charge is 0.353 e. The predicted molar refractivity (Wildman–Crippen MR) is 120 cm³/mol. The normalized spacial score (nSPS) is 10.2. The van der Waals surface area contributed by atoms with Crippen molar-refractivity contribution < 1.29 is 24.0 Å². The zero-order chi connectivity index (χ0) is 23.8. The molecule has 2 aromatic carbocycles. The molecule has 3 rings (SSSR count). The van der Waals surface area contributed by atoms with Gasteiger partial charge in [0.15, 0.2) is 0 Å². The first-order valence-electron chi connectivity index (χ1n) is 10.0. The number of nitro groups is 1. The molecule has 0 atom stereocenters. The lowest BCUT2D eigenvalue weighted by atomic mass is 10.1. The van der Waals surface area contributed by atoms with E-state index in [0.29, 0.717) is 0 Å². The van der Waals surface area contributed by atoms with Gasteiger partial charge in [-0.3, -0.25) is 10.1 Å². The first-order chi connectivity index (χ1) is 16.0. The van der Waals surface area contributed by atoms with Crippen LogP contribution in [-0.4, -0.2) is 40.0 Å². The zero-order valence-corrected chi connectivity index (χ0v) is 17.9. The summed E-state index contributed by atoms with van der Waals surface area (Å²) in [7, 11) is 0. The van der Waals surface area contributed by atoms with Gasteiger partial charge >= 0.3 is 17.6 Å². The molecule has 0 amide bonds. The summed E-state index contributed by atoms with van der Waals surface area (Å²) in [5.74, 6) is -1.47. The molecular formula is C22H21N5O6. The largest absolute Gasteiger partial charge is 0.462 e. The summed E-state index contributed by atoms with van der Waals surface area (Å²) in [4.78, 5) is 43.7. The van der Waals surface area contributed by atoms with Crippen molar-refractivity contribution in [2.75, 3.05) is 23.8 Å². The quantitative estimate of drug-likeness (QED) is 0.275. The van der Waals surface area contributed by atoms with Gasteiger partial charge in [0.05, 0.1) is 40.6 Å². The number of hydrogen-bond donors (Lipinski definition) is 2. The molecule has 0 saturated carbocycles. The lowest BCUT2D eigenvalue weighted by molar-refractivity contribution is -0.383. The number of aromatic nitrogens is 2. The molecule has 0 spiro atoms. The Morgan fingerprint density at radius 2 is 1.27 bits per heavy atom. The average Bonchev–Trinajstić information content (AvgIpc) is 2.80. The number of nitrogens with one attached hydrogen (secondary N) is 2. The van der Waals surface area contributed by atoms with Gasteiger partial charge in [-0.05, 0) is 38.1 Å². The van der Waals surface area contributed by atoms with Crippen molar-refractivity contribution in [1.82, 2.24) is 9.97 Å². The summed E-state index contributed by atoms with van der Waals surface area (Å²) in [6.07, 6.45) is 1.12. The second kappa shape index (κ2) is 10.7. The van der Waals surface area contributed by atoms with Gasteiger partial charge in [0.1, 0.15) is 6.33 Å². The highest BCUT2D eigenvalue weighted by Crippen LogP contribution is 2.34. The van der Waals surface area contributed by atoms with E-state index in [4.69, 9.17) is 9.47 Å². The van der Waals surface area contributed by atoms with E-state index in [9.17, 15) is 19.7 Å². The Morgan fingerprint density at radius 1 is 0.848 bits per heavy atom. The summed E-state index contributed by atoms with van der Waals surface area (Å²) in [6.45, 7) is 3.70. The summed E-state index contributed by atoms with van der Waals surface area (Å²) >= 11 is 0. The molecule has 0 saturated heterocycles. The van der Waals surface area contributed by atoms with Crippen LogP contribution in [0.4, 0.5) is 28.7 Å². The summed E-state index contributed by atoms with van der Waals surface area (Å²) in [6, 6.07) is 12.8. The number of esters is 2. The third kappa shape index (κ3) is 5.39. The van der Waals surface area contributed by atoms with Crippen LogP contribution in [0.3, 0.4) is 0 Å². The van der Waals surface area contributed by atoms with Crippen molar-refractivity contribution in [3.63, 3.8) is 0 Å². The van der Waals surface area contributed by atoms with Gasteiger partial charge in [0, 0.05) is 0 Å². The highest BCUT2D eigenvalue weighted by molar-refractivity contribution is 5.98. The van der Waals surface area contributed by atoms with Crippen molar-refractivity contribution in [2.24, 2.45) is 0 Å². The molecule has 0 aliphatic rings. The van der Waals surface area contributed by atoms with E-state index in [0.717, 1.165) is 6.33 Å². The molecule has 11 heteroatoms. The fourth-order valence-corrected chi connectivity index (χ4v) is 2.95. The number of carbonyl (C=O) groups is 2. The molecule has 1 heterocycles. The molecule has 3 aromatic rings. The van der Waals surface area contributed by atoms with Gasteiger partial charge in [-0.2, -0.15) is 0 Å². The Balaban J connectivity index is 2.01. The molecule has 0 aliphatic heterocycles. The standard InChI is InChI=1S/C22H21N5O6/c1-3-32-21(28)14-9-5-7-11-16(14)25-19-18(27(30)31)20(24-13-23-19)26-17-12-8-6-10-15(17)22(29)33-4-2/h5-13H,3-4H2,1-2H3,(H2,23,24,25,26). The van der Waals surface area contributed by atoms with Crippen LogP contribution in [0.25, 0.3) is 0 Å². The maximum atomic E-state index is 12.3. The summed E-state index contributed by atoms with van der Waals surface area (Å²) in [5, 5.41) is 17.6. The van der Waals surface area contributed by atoms with Crippen LogP contribution < -0.4 is 10.6 Å². The number of rotatable bonds is 9. The van der Waals surface area contributed by atoms with Gasteiger partial charge in [-0.1, -0.05) is 24.3 Å². The highest BCUT2D eigenvalue weighted by atomic mass is 16.6. The maximum absolute atomic E-state index is 12.3. The molecule has 170 valence electrons. The molecule has 2 N–H and O–H groups in total. The van der Waals surface area contributed by atoms with Crippen molar-refractivity contribution in [3.05, 3.63) is 76.1 Å². The van der Waals surface area contributed by atoms with Crippen LogP contribution in [0.2, 0.25) is 0 Å². The number of hydrogen-bond acceptors (Lipinski definition) is 10. The first kappa shape index (κ1) is 23.1. The summed E-state index contributed by atoms with van der Waals surface area (Å²) < 4.78 is 10.1. The molecule has 0 bridgehead atoms. The van der Waals surface area contributed by atoms with Crippen LogP contribution in [-0.2, 0) is 9.47 Å². The average molecular weight is 451 g/mol. The van der Waals surface area contributed by atoms with Gasteiger partial charge in [0.2, 0.25) is 11.6 Å². The Hall–Kier alpha value is -4.54. The fourth-order valence-electron chi connectivity index (χ4n) is 2.95. The molecule has 0 radical (unpaired) electrons. The van der Waals surface area contributed by atoms with Crippen LogP contribution in [0.1, 0.15) is 34.6 Å². The van der Waals surface area contributed by atoms with Crippen molar-refractivity contribution in [1.29, 1.82) is 0 Å². The minimum absolute atomic E-state index is 0.150. The third-order valence-electron chi connectivity index (χ3n) is 4.36. The minimum Gasteiger partial charge on any atom is -0.462 e. The summed E-state index contributed by atoms with van der Waals surface area (Å²) in [5.41, 5.74) is 0.449. The number of ether oxygens (including phenoxy) is 2. The minimum atomic E-state index is -0.662. The SMILES string of the molecule is CCOC(=O)c1ccccc1Nc1ncnc(Nc2ccccc2C(=O)OCC)c1[N+](=O)[O-]. The second-order valence-electron chi connectivity index (χ2n) is 6.46. The molecule has 0 fully saturated rings. The molecular weight excluding hydrogens is 430 g/mol. The molecule has 11 nitrogen and oxygen atoms in total. The molecule has 33 heavy (non-hydrogen) atoms. The lowest BCUT2D eigenvalue weighted by Gasteiger charge is -2.13. The monoisotopic (exact) mass is 451 g/mol. The second-order valence-corrected chi connectivity index (χ2v) is 6.46. The van der Waals surface area contributed by atoms with E-state index in [2.05, 4.69) is 20.6 Å². The van der Waals surface area contributed by atoms with Crippen molar-refractivity contribution in [3.8, 4) is 0 Å². The van der Waals surface area contributed by atoms with Gasteiger partial charge < -0.3 is 20.1 Å². The topological polar surface area (TPSA) is 146 Å². The van der Waals surface area contributed by atoms with Gasteiger partial charge in [-0.15, -0.1) is 0 Å². The van der Waals surface area contributed by atoms with Crippen LogP contribution in [0.15, 0.2) is 54.9 Å². The lowest BCUT2D eigenvalue weighted by Crippen LogP contribution is -2.11. The number of benzene rings is 2. The van der Waals surface area contributed by atoms with Crippen LogP contribution in [0.5, 0.6) is 0 Å². The third-order valence-corrected chi connectivity index (χ3v) is 4.36. The molecule has 0 unspecified atom stereocenters. The van der Waals surface area contributed by atoms with Crippen molar-refractivity contribution in [2.45, 2.75) is 13.8 Å². The van der Waals surface area contributed by atoms with E-state index < -0.39 is 22.5 Å². The van der Waals surface area contributed by atoms with E-state index in [1.807, 2.05) is 0 Å². The predicted octanol–water partition coefficient (Wildman–Crippen LogP) is 4.23.